The molecule has 3 aromatic rings. The van der Waals surface area contributed by atoms with E-state index >= 15 is 0 Å². The van der Waals surface area contributed by atoms with Gasteiger partial charge in [-0.2, -0.15) is 5.26 Å². The predicted molar refractivity (Wildman–Crippen MR) is 125 cm³/mol. The van der Waals surface area contributed by atoms with Gasteiger partial charge in [0.2, 0.25) is 11.8 Å². The molecule has 0 saturated carbocycles. The van der Waals surface area contributed by atoms with E-state index in [0.717, 1.165) is 4.90 Å². The standard InChI is InChI=1S/C27H22FN3O5/c1-26-20(32)13-27(36-26,10-12-35-17-7-5-16(28)6-8-17)22-21(26)24(33)31(25(22)34)19-9-4-15(14-29)23-18(19)3-2-11-30-23/h2-9,11,20-22,32H,10,12-13H2,1H3/t20-,21-,22+,26?,27?/m1/s1. The molecule has 3 fully saturated rings. The number of aliphatic hydroxyl groups is 1. The van der Waals surface area contributed by atoms with Gasteiger partial charge in [-0.3, -0.25) is 14.6 Å². The maximum absolute atomic E-state index is 13.9. The molecule has 3 aliphatic heterocycles. The first-order valence-corrected chi connectivity index (χ1v) is 11.7. The number of carbonyl (C=O) groups is 2. The summed E-state index contributed by atoms with van der Waals surface area (Å²) in [6.45, 7) is 1.83. The van der Waals surface area contributed by atoms with Crippen molar-refractivity contribution in [2.45, 2.75) is 37.1 Å². The molecule has 4 heterocycles. The summed E-state index contributed by atoms with van der Waals surface area (Å²) < 4.78 is 25.3. The van der Waals surface area contributed by atoms with Crippen LogP contribution < -0.4 is 9.64 Å². The lowest BCUT2D eigenvalue weighted by Gasteiger charge is -2.33. The van der Waals surface area contributed by atoms with Crippen molar-refractivity contribution in [2.24, 2.45) is 11.8 Å². The number of ether oxygens (including phenoxy) is 2. The number of aromatic nitrogens is 1. The lowest BCUT2D eigenvalue weighted by atomic mass is 9.66. The van der Waals surface area contributed by atoms with Gasteiger partial charge in [-0.05, 0) is 55.5 Å². The minimum absolute atomic E-state index is 0.156. The Morgan fingerprint density at radius 2 is 1.94 bits per heavy atom. The predicted octanol–water partition coefficient (Wildman–Crippen LogP) is 3.11. The van der Waals surface area contributed by atoms with Crippen LogP contribution >= 0.6 is 0 Å². The quantitative estimate of drug-likeness (QED) is 0.550. The summed E-state index contributed by atoms with van der Waals surface area (Å²) >= 11 is 0. The fourth-order valence-corrected chi connectivity index (χ4v) is 6.18. The maximum Gasteiger partial charge on any atom is 0.240 e. The van der Waals surface area contributed by atoms with E-state index in [-0.39, 0.29) is 25.3 Å². The van der Waals surface area contributed by atoms with E-state index in [9.17, 15) is 24.3 Å². The van der Waals surface area contributed by atoms with Gasteiger partial charge < -0.3 is 14.6 Å². The SMILES string of the molecule is CC12OC(CCOc3ccc(F)cc3)(C[C@H]1O)[C@@H]1C(=O)N(c3ccc(C#N)c4ncccc34)C(=O)[C@@H]12. The molecule has 9 heteroatoms. The number of hydrogen-bond donors (Lipinski definition) is 1. The zero-order chi connectivity index (χ0) is 25.2. The normalized spacial score (nSPS) is 30.6. The van der Waals surface area contributed by atoms with Gasteiger partial charge in [0.1, 0.15) is 23.2 Å². The largest absolute Gasteiger partial charge is 0.493 e. The summed E-state index contributed by atoms with van der Waals surface area (Å²) in [5.74, 6) is -2.41. The molecular weight excluding hydrogens is 465 g/mol. The van der Waals surface area contributed by atoms with Crippen molar-refractivity contribution in [1.29, 1.82) is 5.26 Å². The molecule has 2 amide bonds. The van der Waals surface area contributed by atoms with E-state index in [1.807, 2.05) is 0 Å². The second-order valence-electron chi connectivity index (χ2n) is 9.73. The number of imide groups is 1. The molecule has 0 aliphatic carbocycles. The van der Waals surface area contributed by atoms with Crippen molar-refractivity contribution in [2.75, 3.05) is 11.5 Å². The molecule has 3 saturated heterocycles. The first kappa shape index (κ1) is 22.6. The highest BCUT2D eigenvalue weighted by molar-refractivity contribution is 6.26. The average Bonchev–Trinajstić information content (AvgIpc) is 3.41. The van der Waals surface area contributed by atoms with Crippen molar-refractivity contribution in [3.05, 3.63) is 66.1 Å². The van der Waals surface area contributed by atoms with E-state index in [1.165, 1.54) is 24.3 Å². The van der Waals surface area contributed by atoms with Crippen LogP contribution in [0.3, 0.4) is 0 Å². The number of halogens is 1. The highest BCUT2D eigenvalue weighted by atomic mass is 19.1. The van der Waals surface area contributed by atoms with Crippen molar-refractivity contribution in [3.8, 4) is 11.8 Å². The topological polar surface area (TPSA) is 113 Å². The number of rotatable bonds is 5. The number of pyridine rings is 1. The number of aliphatic hydroxyl groups excluding tert-OH is 1. The van der Waals surface area contributed by atoms with Gasteiger partial charge in [-0.15, -0.1) is 0 Å². The van der Waals surface area contributed by atoms with Crippen molar-refractivity contribution < 1.29 is 28.6 Å². The Morgan fingerprint density at radius 3 is 2.69 bits per heavy atom. The number of nitrogens with zero attached hydrogens (tertiary/aromatic N) is 3. The minimum atomic E-state index is -1.22. The third kappa shape index (κ3) is 3.01. The number of hydrogen-bond acceptors (Lipinski definition) is 7. The van der Waals surface area contributed by atoms with Gasteiger partial charge in [-0.25, -0.2) is 9.29 Å². The molecule has 3 aliphatic rings. The van der Waals surface area contributed by atoms with Gasteiger partial charge in [-0.1, -0.05) is 0 Å². The van der Waals surface area contributed by atoms with Crippen LogP contribution in [0.5, 0.6) is 5.75 Å². The smallest absolute Gasteiger partial charge is 0.240 e. The fraction of sp³-hybridized carbons (Fsp3) is 0.333. The van der Waals surface area contributed by atoms with E-state index in [2.05, 4.69) is 11.1 Å². The lowest BCUT2D eigenvalue weighted by Crippen LogP contribution is -2.49. The number of fused-ring (bicyclic) bond motifs is 6. The van der Waals surface area contributed by atoms with E-state index in [0.29, 0.717) is 27.9 Å². The van der Waals surface area contributed by atoms with Gasteiger partial charge >= 0.3 is 0 Å². The first-order chi connectivity index (χ1) is 17.3. The molecule has 2 aromatic carbocycles. The number of nitriles is 1. The summed E-state index contributed by atoms with van der Waals surface area (Å²) in [7, 11) is 0. The molecule has 0 radical (unpaired) electrons. The van der Waals surface area contributed by atoms with Gasteiger partial charge in [0.15, 0.2) is 0 Å². The Hall–Kier alpha value is -3.87. The second kappa shape index (κ2) is 7.82. The fourth-order valence-electron chi connectivity index (χ4n) is 6.18. The van der Waals surface area contributed by atoms with E-state index in [4.69, 9.17) is 9.47 Å². The van der Waals surface area contributed by atoms with Crippen molar-refractivity contribution >= 4 is 28.4 Å². The van der Waals surface area contributed by atoms with E-state index < -0.39 is 41.0 Å². The lowest BCUT2D eigenvalue weighted by molar-refractivity contribution is -0.134. The summed E-state index contributed by atoms with van der Waals surface area (Å²) in [6.07, 6.45) is 1.08. The Morgan fingerprint density at radius 1 is 1.19 bits per heavy atom. The molecule has 1 aromatic heterocycles. The molecule has 8 nitrogen and oxygen atoms in total. The zero-order valence-corrected chi connectivity index (χ0v) is 19.3. The average molecular weight is 487 g/mol. The number of amides is 2. The molecule has 1 N–H and O–H groups in total. The second-order valence-corrected chi connectivity index (χ2v) is 9.73. The van der Waals surface area contributed by atoms with Crippen LogP contribution in [0.2, 0.25) is 0 Å². The highest BCUT2D eigenvalue weighted by Crippen LogP contribution is 2.62. The molecule has 5 atom stereocenters. The summed E-state index contributed by atoms with van der Waals surface area (Å²) in [6, 6.07) is 14.2. The Kier molecular flexibility index (Phi) is 4.90. The molecule has 6 rings (SSSR count). The minimum Gasteiger partial charge on any atom is -0.493 e. The highest BCUT2D eigenvalue weighted by Gasteiger charge is 2.77. The Labute approximate surface area is 205 Å². The van der Waals surface area contributed by atoms with Crippen LogP contribution in [0.25, 0.3) is 10.9 Å². The number of anilines is 1. The van der Waals surface area contributed by atoms with Gasteiger partial charge in [0, 0.05) is 24.4 Å². The zero-order valence-electron chi connectivity index (χ0n) is 19.3. The summed E-state index contributed by atoms with van der Waals surface area (Å²) in [5, 5.41) is 20.9. The van der Waals surface area contributed by atoms with Crippen molar-refractivity contribution in [3.63, 3.8) is 0 Å². The molecule has 2 bridgehead atoms. The molecule has 182 valence electrons. The Balaban J connectivity index is 1.35. The molecular formula is C27H22FN3O5. The van der Waals surface area contributed by atoms with Crippen LogP contribution in [-0.2, 0) is 14.3 Å². The molecule has 0 spiro atoms. The third-order valence-corrected chi connectivity index (χ3v) is 7.83. The number of carbonyl (C=O) groups excluding carboxylic acids is 2. The van der Waals surface area contributed by atoms with Crippen molar-refractivity contribution in [1.82, 2.24) is 4.98 Å². The summed E-state index contributed by atoms with van der Waals surface area (Å²) in [4.78, 5) is 33.1. The molecule has 2 unspecified atom stereocenters. The first-order valence-electron chi connectivity index (χ1n) is 11.7. The van der Waals surface area contributed by atoms with Gasteiger partial charge in [0.05, 0.1) is 46.9 Å². The summed E-state index contributed by atoms with van der Waals surface area (Å²) in [5.41, 5.74) is -1.20. The van der Waals surface area contributed by atoms with Crippen LogP contribution in [-0.4, -0.2) is 45.8 Å². The maximum atomic E-state index is 13.9. The van der Waals surface area contributed by atoms with Gasteiger partial charge in [0.25, 0.3) is 0 Å². The van der Waals surface area contributed by atoms with Crippen LogP contribution in [0.4, 0.5) is 10.1 Å². The van der Waals surface area contributed by atoms with Crippen LogP contribution in [0.15, 0.2) is 54.7 Å². The monoisotopic (exact) mass is 487 g/mol. The van der Waals surface area contributed by atoms with E-state index in [1.54, 1.807) is 37.4 Å². The van der Waals surface area contributed by atoms with Crippen LogP contribution in [0.1, 0.15) is 25.3 Å². The molecule has 36 heavy (non-hydrogen) atoms. The van der Waals surface area contributed by atoms with Crippen LogP contribution in [0, 0.1) is 29.0 Å². The number of benzene rings is 2. The Bertz CT molecular complexity index is 1450. The third-order valence-electron chi connectivity index (χ3n) is 7.83.